The lowest BCUT2D eigenvalue weighted by Gasteiger charge is -2.31. The lowest BCUT2D eigenvalue weighted by Crippen LogP contribution is -2.57. The number of aliphatic hydroxyl groups excluding tert-OH is 1. The summed E-state index contributed by atoms with van der Waals surface area (Å²) in [7, 11) is 0. The number of nitrogens with one attached hydrogen (secondary N) is 1. The molecule has 0 aromatic carbocycles. The average Bonchev–Trinajstić information content (AvgIpc) is 2.63. The van der Waals surface area contributed by atoms with Crippen LogP contribution < -0.4 is 5.32 Å². The van der Waals surface area contributed by atoms with E-state index in [9.17, 15) is 9.90 Å². The Morgan fingerprint density at radius 3 is 2.71 bits per heavy atom. The van der Waals surface area contributed by atoms with E-state index in [4.69, 9.17) is 14.7 Å². The number of rotatable bonds is 2. The molecule has 0 aromatic heterocycles. The molecule has 0 aromatic rings. The van der Waals surface area contributed by atoms with E-state index in [1.54, 1.807) is 26.8 Å². The molecule has 0 saturated carbocycles. The summed E-state index contributed by atoms with van der Waals surface area (Å²) < 4.78 is 10.2. The number of ether oxygens (including phenoxy) is 2. The highest BCUT2D eigenvalue weighted by Gasteiger charge is 2.44. The van der Waals surface area contributed by atoms with Gasteiger partial charge in [0.25, 0.3) is 0 Å². The fraction of sp³-hybridized carbons (Fsp3) is 0.818. The summed E-state index contributed by atoms with van der Waals surface area (Å²) in [5.41, 5.74) is -1.68. The highest BCUT2D eigenvalue weighted by atomic mass is 16.6. The van der Waals surface area contributed by atoms with Crippen molar-refractivity contribution in [3.63, 3.8) is 0 Å². The zero-order valence-electron chi connectivity index (χ0n) is 10.3. The van der Waals surface area contributed by atoms with Crippen LogP contribution in [-0.4, -0.2) is 41.7 Å². The Balaban J connectivity index is 2.69. The molecule has 1 amide bonds. The number of hydrogen-bond donors (Lipinski definition) is 2. The third-order valence-electron chi connectivity index (χ3n) is 2.45. The largest absolute Gasteiger partial charge is 0.444 e. The lowest BCUT2D eigenvalue weighted by atomic mass is 9.92. The van der Waals surface area contributed by atoms with Crippen LogP contribution in [-0.2, 0) is 9.47 Å². The van der Waals surface area contributed by atoms with E-state index in [-0.39, 0.29) is 6.61 Å². The van der Waals surface area contributed by atoms with Gasteiger partial charge in [0.15, 0.2) is 6.10 Å². The molecule has 1 fully saturated rings. The molecule has 0 spiro atoms. The maximum Gasteiger partial charge on any atom is 0.408 e. The van der Waals surface area contributed by atoms with Gasteiger partial charge in [0, 0.05) is 6.61 Å². The van der Waals surface area contributed by atoms with Crippen LogP contribution in [0.4, 0.5) is 4.79 Å². The standard InChI is InChI=1S/C11H18N2O4/c1-10(2,3)17-9(15)13-11(8(14)6-12)4-5-16-7-11/h8,14H,4-5,7H2,1-3H3,(H,13,15). The van der Waals surface area contributed by atoms with Crippen molar-refractivity contribution in [2.24, 2.45) is 0 Å². The molecule has 0 bridgehead atoms. The van der Waals surface area contributed by atoms with E-state index in [2.05, 4.69) is 5.32 Å². The highest BCUT2D eigenvalue weighted by molar-refractivity contribution is 5.69. The van der Waals surface area contributed by atoms with Crippen molar-refractivity contribution in [1.82, 2.24) is 5.32 Å². The second kappa shape index (κ2) is 4.90. The molecule has 1 aliphatic rings. The minimum absolute atomic E-state index is 0.112. The molecule has 1 heterocycles. The van der Waals surface area contributed by atoms with Crippen LogP contribution in [0.2, 0.25) is 0 Å². The summed E-state index contributed by atoms with van der Waals surface area (Å²) >= 11 is 0. The predicted octanol–water partition coefficient (Wildman–Crippen LogP) is 0.555. The Kier molecular flexibility index (Phi) is 3.96. The van der Waals surface area contributed by atoms with Gasteiger partial charge in [-0.2, -0.15) is 5.26 Å². The molecule has 96 valence electrons. The van der Waals surface area contributed by atoms with E-state index >= 15 is 0 Å². The summed E-state index contributed by atoms with van der Waals surface area (Å²) in [5, 5.41) is 20.9. The van der Waals surface area contributed by atoms with Gasteiger partial charge in [-0.15, -0.1) is 0 Å². The van der Waals surface area contributed by atoms with Crippen LogP contribution in [0.1, 0.15) is 27.2 Å². The average molecular weight is 242 g/mol. The van der Waals surface area contributed by atoms with E-state index in [0.717, 1.165) is 0 Å². The van der Waals surface area contributed by atoms with Gasteiger partial charge in [-0.3, -0.25) is 0 Å². The topological polar surface area (TPSA) is 91.6 Å². The summed E-state index contributed by atoms with van der Waals surface area (Å²) in [6.07, 6.45) is -1.57. The predicted molar refractivity (Wildman–Crippen MR) is 59.2 cm³/mol. The summed E-state index contributed by atoms with van der Waals surface area (Å²) in [5.74, 6) is 0. The Hall–Kier alpha value is -1.32. The third-order valence-corrected chi connectivity index (χ3v) is 2.45. The van der Waals surface area contributed by atoms with E-state index in [1.165, 1.54) is 0 Å². The Bertz CT molecular complexity index is 323. The first-order valence-corrected chi connectivity index (χ1v) is 5.46. The van der Waals surface area contributed by atoms with Crippen molar-refractivity contribution in [1.29, 1.82) is 5.26 Å². The quantitative estimate of drug-likeness (QED) is 0.690. The number of carbonyl (C=O) groups excluding carboxylic acids is 1. The zero-order chi connectivity index (χ0) is 13.1. The zero-order valence-corrected chi connectivity index (χ0v) is 10.3. The second-order valence-electron chi connectivity index (χ2n) is 5.12. The summed E-state index contributed by atoms with van der Waals surface area (Å²) in [4.78, 5) is 11.6. The van der Waals surface area contributed by atoms with E-state index in [1.807, 2.05) is 0 Å². The molecule has 6 heteroatoms. The molecule has 1 saturated heterocycles. The molecule has 2 unspecified atom stereocenters. The van der Waals surface area contributed by atoms with Gasteiger partial charge < -0.3 is 19.9 Å². The number of nitriles is 1. The van der Waals surface area contributed by atoms with Gasteiger partial charge in [0.05, 0.1) is 12.7 Å². The molecule has 17 heavy (non-hydrogen) atoms. The molecule has 1 rings (SSSR count). The minimum Gasteiger partial charge on any atom is -0.444 e. The van der Waals surface area contributed by atoms with Crippen LogP contribution in [0.15, 0.2) is 0 Å². The molecule has 0 radical (unpaired) electrons. The molecule has 2 N–H and O–H groups in total. The molecule has 2 atom stereocenters. The number of aliphatic hydroxyl groups is 1. The van der Waals surface area contributed by atoms with Gasteiger partial charge in [-0.1, -0.05) is 0 Å². The smallest absolute Gasteiger partial charge is 0.408 e. The van der Waals surface area contributed by atoms with Crippen LogP contribution in [0.3, 0.4) is 0 Å². The first-order valence-electron chi connectivity index (χ1n) is 5.46. The summed E-state index contributed by atoms with van der Waals surface area (Å²) in [6, 6.07) is 1.72. The second-order valence-corrected chi connectivity index (χ2v) is 5.12. The van der Waals surface area contributed by atoms with Gasteiger partial charge in [-0.25, -0.2) is 4.79 Å². The maximum absolute atomic E-state index is 11.6. The van der Waals surface area contributed by atoms with Crippen molar-refractivity contribution in [3.05, 3.63) is 0 Å². The molecular weight excluding hydrogens is 224 g/mol. The number of hydrogen-bond acceptors (Lipinski definition) is 5. The van der Waals surface area contributed by atoms with Crippen molar-refractivity contribution < 1.29 is 19.4 Å². The number of carbonyl (C=O) groups is 1. The summed E-state index contributed by atoms with van der Waals surface area (Å²) in [6.45, 7) is 5.73. The Morgan fingerprint density at radius 1 is 1.65 bits per heavy atom. The highest BCUT2D eigenvalue weighted by Crippen LogP contribution is 2.23. The third kappa shape index (κ3) is 3.58. The van der Waals surface area contributed by atoms with Crippen molar-refractivity contribution in [3.8, 4) is 6.07 Å². The van der Waals surface area contributed by atoms with Crippen LogP contribution in [0, 0.1) is 11.3 Å². The molecule has 6 nitrogen and oxygen atoms in total. The fourth-order valence-electron chi connectivity index (χ4n) is 1.59. The monoisotopic (exact) mass is 242 g/mol. The number of amides is 1. The SMILES string of the molecule is CC(C)(C)OC(=O)NC1(C(O)C#N)CCOC1. The van der Waals surface area contributed by atoms with Gasteiger partial charge in [0.2, 0.25) is 0 Å². The van der Waals surface area contributed by atoms with E-state index in [0.29, 0.717) is 13.0 Å². The number of alkyl carbamates (subject to hydrolysis) is 1. The number of nitrogens with zero attached hydrogens (tertiary/aromatic N) is 1. The normalized spacial score (nSPS) is 26.1. The van der Waals surface area contributed by atoms with Crippen LogP contribution >= 0.6 is 0 Å². The van der Waals surface area contributed by atoms with Crippen LogP contribution in [0.5, 0.6) is 0 Å². The minimum atomic E-state index is -1.31. The Morgan fingerprint density at radius 2 is 2.29 bits per heavy atom. The fourth-order valence-corrected chi connectivity index (χ4v) is 1.59. The molecule has 0 aliphatic carbocycles. The van der Waals surface area contributed by atoms with Gasteiger partial charge in [-0.05, 0) is 27.2 Å². The Labute approximate surface area is 101 Å². The lowest BCUT2D eigenvalue weighted by molar-refractivity contribution is 0.0291. The van der Waals surface area contributed by atoms with Gasteiger partial charge >= 0.3 is 6.09 Å². The van der Waals surface area contributed by atoms with Gasteiger partial charge in [0.1, 0.15) is 11.1 Å². The van der Waals surface area contributed by atoms with Crippen LogP contribution in [0.25, 0.3) is 0 Å². The molecular formula is C11H18N2O4. The van der Waals surface area contributed by atoms with Crippen molar-refractivity contribution >= 4 is 6.09 Å². The first kappa shape index (κ1) is 13.7. The maximum atomic E-state index is 11.6. The molecule has 1 aliphatic heterocycles. The first-order chi connectivity index (χ1) is 7.79. The van der Waals surface area contributed by atoms with Crippen molar-refractivity contribution in [2.75, 3.05) is 13.2 Å². The van der Waals surface area contributed by atoms with Crippen molar-refractivity contribution in [2.45, 2.75) is 44.4 Å². The van der Waals surface area contributed by atoms with E-state index < -0.39 is 23.3 Å².